The summed E-state index contributed by atoms with van der Waals surface area (Å²) in [4.78, 5) is 24.3. The second-order valence-corrected chi connectivity index (χ2v) is 5.03. The maximum absolute atomic E-state index is 11.6. The van der Waals surface area contributed by atoms with Gasteiger partial charge < -0.3 is 20.3 Å². The minimum Gasteiger partial charge on any atom is -0.484 e. The van der Waals surface area contributed by atoms with Crippen molar-refractivity contribution in [1.29, 1.82) is 0 Å². The van der Waals surface area contributed by atoms with Crippen LogP contribution in [0.4, 0.5) is 4.79 Å². The van der Waals surface area contributed by atoms with Crippen LogP contribution in [0.1, 0.15) is 11.1 Å². The van der Waals surface area contributed by atoms with E-state index in [1.165, 1.54) is 4.90 Å². The largest absolute Gasteiger partial charge is 0.484 e. The van der Waals surface area contributed by atoms with Gasteiger partial charge in [0.05, 0.1) is 0 Å². The molecule has 0 spiro atoms. The molecule has 0 aromatic heterocycles. The molecule has 1 aromatic carbocycles. The number of ether oxygens (including phenoxy) is 1. The molecule has 6 nitrogen and oxygen atoms in total. The van der Waals surface area contributed by atoms with E-state index in [2.05, 4.69) is 10.6 Å². The van der Waals surface area contributed by atoms with Gasteiger partial charge in [-0.1, -0.05) is 17.7 Å². The van der Waals surface area contributed by atoms with E-state index >= 15 is 0 Å². The van der Waals surface area contributed by atoms with E-state index in [1.54, 1.807) is 14.1 Å². The Balaban J connectivity index is 2.24. The van der Waals surface area contributed by atoms with Crippen LogP contribution in [0.15, 0.2) is 18.2 Å². The van der Waals surface area contributed by atoms with Crippen LogP contribution in [0.3, 0.4) is 0 Å². The van der Waals surface area contributed by atoms with E-state index < -0.39 is 0 Å². The SMILES string of the molecule is Cc1ccc(OCC(=O)NCCNC(=O)N(C)C)c(C)c1. The molecule has 116 valence electrons. The van der Waals surface area contributed by atoms with Crippen LogP contribution in [0.25, 0.3) is 0 Å². The molecular formula is C15H23N3O3. The molecule has 0 fully saturated rings. The molecular weight excluding hydrogens is 270 g/mol. The molecule has 0 unspecified atom stereocenters. The van der Waals surface area contributed by atoms with Crippen LogP contribution in [0, 0.1) is 13.8 Å². The summed E-state index contributed by atoms with van der Waals surface area (Å²) in [5.74, 6) is 0.491. The van der Waals surface area contributed by atoms with E-state index in [-0.39, 0.29) is 18.5 Å². The summed E-state index contributed by atoms with van der Waals surface area (Å²) in [7, 11) is 3.32. The summed E-state index contributed by atoms with van der Waals surface area (Å²) in [6.07, 6.45) is 0. The maximum Gasteiger partial charge on any atom is 0.316 e. The highest BCUT2D eigenvalue weighted by molar-refractivity contribution is 5.77. The summed E-state index contributed by atoms with van der Waals surface area (Å²) in [6, 6.07) is 5.62. The van der Waals surface area contributed by atoms with Gasteiger partial charge in [-0.3, -0.25) is 4.79 Å². The van der Waals surface area contributed by atoms with Gasteiger partial charge in [0.25, 0.3) is 5.91 Å². The molecule has 6 heteroatoms. The first kappa shape index (κ1) is 16.8. The maximum atomic E-state index is 11.6. The van der Waals surface area contributed by atoms with Crippen LogP contribution in [-0.4, -0.2) is 50.6 Å². The predicted octanol–water partition coefficient (Wildman–Crippen LogP) is 1.07. The van der Waals surface area contributed by atoms with Gasteiger partial charge in [-0.2, -0.15) is 0 Å². The fourth-order valence-electron chi connectivity index (χ4n) is 1.69. The fraction of sp³-hybridized carbons (Fsp3) is 0.467. The number of nitrogens with one attached hydrogen (secondary N) is 2. The zero-order valence-electron chi connectivity index (χ0n) is 13.0. The van der Waals surface area contributed by atoms with Crippen molar-refractivity contribution in [3.05, 3.63) is 29.3 Å². The Bertz CT molecular complexity index is 501. The smallest absolute Gasteiger partial charge is 0.316 e. The number of nitrogens with zero attached hydrogens (tertiary/aromatic N) is 1. The molecule has 1 aromatic rings. The van der Waals surface area contributed by atoms with Crippen LogP contribution in [0.5, 0.6) is 5.75 Å². The average molecular weight is 293 g/mol. The number of aryl methyl sites for hydroxylation is 2. The molecule has 0 saturated heterocycles. The Kier molecular flexibility index (Phi) is 6.52. The third-order valence-electron chi connectivity index (χ3n) is 2.82. The third kappa shape index (κ3) is 6.16. The Morgan fingerprint density at radius 2 is 1.81 bits per heavy atom. The van der Waals surface area contributed by atoms with Crippen molar-refractivity contribution in [1.82, 2.24) is 15.5 Å². The van der Waals surface area contributed by atoms with Crippen LogP contribution >= 0.6 is 0 Å². The topological polar surface area (TPSA) is 70.7 Å². The zero-order valence-corrected chi connectivity index (χ0v) is 13.0. The quantitative estimate of drug-likeness (QED) is 0.771. The first-order valence-corrected chi connectivity index (χ1v) is 6.82. The predicted molar refractivity (Wildman–Crippen MR) is 81.5 cm³/mol. The van der Waals surface area contributed by atoms with Gasteiger partial charge in [0.2, 0.25) is 0 Å². The van der Waals surface area contributed by atoms with Crippen molar-refractivity contribution in [3.63, 3.8) is 0 Å². The molecule has 0 aliphatic carbocycles. The number of carbonyl (C=O) groups excluding carboxylic acids is 2. The fourth-order valence-corrected chi connectivity index (χ4v) is 1.69. The average Bonchev–Trinajstić information content (AvgIpc) is 2.42. The molecule has 0 saturated carbocycles. The van der Waals surface area contributed by atoms with Gasteiger partial charge in [-0.25, -0.2) is 4.79 Å². The lowest BCUT2D eigenvalue weighted by atomic mass is 10.1. The van der Waals surface area contributed by atoms with Crippen molar-refractivity contribution in [3.8, 4) is 5.75 Å². The van der Waals surface area contributed by atoms with E-state index in [4.69, 9.17) is 4.74 Å². The Hall–Kier alpha value is -2.24. The summed E-state index contributed by atoms with van der Waals surface area (Å²) in [5.41, 5.74) is 2.15. The molecule has 0 bridgehead atoms. The number of urea groups is 1. The highest BCUT2D eigenvalue weighted by Crippen LogP contribution is 2.18. The second kappa shape index (κ2) is 8.14. The van der Waals surface area contributed by atoms with Gasteiger partial charge in [0.15, 0.2) is 6.61 Å². The molecule has 0 aliphatic heterocycles. The number of hydrogen-bond donors (Lipinski definition) is 2. The van der Waals surface area contributed by atoms with Crippen LogP contribution in [0.2, 0.25) is 0 Å². The van der Waals surface area contributed by atoms with E-state index in [0.717, 1.165) is 11.1 Å². The van der Waals surface area contributed by atoms with E-state index in [9.17, 15) is 9.59 Å². The first-order chi connectivity index (χ1) is 9.90. The van der Waals surface area contributed by atoms with Crippen molar-refractivity contribution >= 4 is 11.9 Å². The van der Waals surface area contributed by atoms with Crippen LogP contribution in [-0.2, 0) is 4.79 Å². The molecule has 3 amide bonds. The number of carbonyl (C=O) groups is 2. The summed E-state index contributed by atoms with van der Waals surface area (Å²) < 4.78 is 5.46. The van der Waals surface area contributed by atoms with Gasteiger partial charge in [0.1, 0.15) is 5.75 Å². The van der Waals surface area contributed by atoms with Gasteiger partial charge >= 0.3 is 6.03 Å². The number of amides is 3. The molecule has 0 aliphatic rings. The van der Waals surface area contributed by atoms with Crippen molar-refractivity contribution in [2.75, 3.05) is 33.8 Å². The monoisotopic (exact) mass is 293 g/mol. The second-order valence-electron chi connectivity index (χ2n) is 5.03. The minimum atomic E-state index is -0.214. The molecule has 0 heterocycles. The standard InChI is InChI=1S/C15H23N3O3/c1-11-5-6-13(12(2)9-11)21-10-14(19)16-7-8-17-15(20)18(3)4/h5-6,9H,7-8,10H2,1-4H3,(H,16,19)(H,17,20). The van der Waals surface area contributed by atoms with Gasteiger partial charge in [-0.15, -0.1) is 0 Å². The lowest BCUT2D eigenvalue weighted by Gasteiger charge is -2.13. The molecule has 0 atom stereocenters. The lowest BCUT2D eigenvalue weighted by Crippen LogP contribution is -2.40. The lowest BCUT2D eigenvalue weighted by molar-refractivity contribution is -0.123. The Morgan fingerprint density at radius 1 is 1.14 bits per heavy atom. The van der Waals surface area contributed by atoms with Crippen LogP contribution < -0.4 is 15.4 Å². The van der Waals surface area contributed by atoms with Gasteiger partial charge in [0, 0.05) is 27.2 Å². The molecule has 2 N–H and O–H groups in total. The molecule has 21 heavy (non-hydrogen) atoms. The normalized spacial score (nSPS) is 9.90. The third-order valence-corrected chi connectivity index (χ3v) is 2.82. The Labute approximate surface area is 125 Å². The number of hydrogen-bond acceptors (Lipinski definition) is 3. The van der Waals surface area contributed by atoms with Crippen molar-refractivity contribution in [2.45, 2.75) is 13.8 Å². The summed E-state index contributed by atoms with van der Waals surface area (Å²) >= 11 is 0. The van der Waals surface area contributed by atoms with Crippen molar-refractivity contribution in [2.24, 2.45) is 0 Å². The molecule has 0 radical (unpaired) electrons. The Morgan fingerprint density at radius 3 is 2.43 bits per heavy atom. The number of rotatable bonds is 6. The molecule has 1 rings (SSSR count). The summed E-state index contributed by atoms with van der Waals surface area (Å²) in [6.45, 7) is 4.66. The first-order valence-electron chi connectivity index (χ1n) is 6.82. The van der Waals surface area contributed by atoms with Crippen molar-refractivity contribution < 1.29 is 14.3 Å². The number of benzene rings is 1. The van der Waals surface area contributed by atoms with E-state index in [0.29, 0.717) is 18.8 Å². The highest BCUT2D eigenvalue weighted by atomic mass is 16.5. The summed E-state index contributed by atoms with van der Waals surface area (Å²) in [5, 5.41) is 5.34. The van der Waals surface area contributed by atoms with Gasteiger partial charge in [-0.05, 0) is 25.5 Å². The minimum absolute atomic E-state index is 0.0362. The van der Waals surface area contributed by atoms with E-state index in [1.807, 2.05) is 32.0 Å². The highest BCUT2D eigenvalue weighted by Gasteiger charge is 2.05. The zero-order chi connectivity index (χ0) is 15.8.